The highest BCUT2D eigenvalue weighted by molar-refractivity contribution is 5.80. The van der Waals surface area contributed by atoms with Crippen molar-refractivity contribution in [2.75, 3.05) is 13.1 Å². The quantitative estimate of drug-likeness (QED) is 0.786. The smallest absolute Gasteiger partial charge is 0.410 e. The van der Waals surface area contributed by atoms with Gasteiger partial charge in [-0.15, -0.1) is 0 Å². The number of nitrogens with one attached hydrogen (secondary N) is 1. The average Bonchev–Trinajstić information content (AvgIpc) is 2.43. The van der Waals surface area contributed by atoms with Gasteiger partial charge in [0.2, 0.25) is 0 Å². The molecule has 150 valence electrons. The molecule has 2 amide bonds. The van der Waals surface area contributed by atoms with Gasteiger partial charge in [-0.25, -0.2) is 14.4 Å². The Hall–Kier alpha value is -1.99. The molecule has 0 aromatic rings. The Bertz CT molecular complexity index is 513. The largest absolute Gasteiger partial charge is 0.480 e. The molecule has 0 aliphatic carbocycles. The molecular formula is C18H32N2O6. The second-order valence-corrected chi connectivity index (χ2v) is 8.68. The molecule has 26 heavy (non-hydrogen) atoms. The molecule has 0 unspecified atom stereocenters. The number of nitrogens with zero attached hydrogens (tertiary/aromatic N) is 1. The van der Waals surface area contributed by atoms with E-state index in [2.05, 4.69) is 5.32 Å². The summed E-state index contributed by atoms with van der Waals surface area (Å²) in [6.45, 7) is 11.6. The van der Waals surface area contributed by atoms with Crippen LogP contribution in [0.2, 0.25) is 0 Å². The van der Waals surface area contributed by atoms with E-state index in [9.17, 15) is 19.5 Å². The monoisotopic (exact) mass is 372 g/mol. The molecule has 0 aromatic carbocycles. The number of alkyl carbamates (subject to hydrolysis) is 1. The Morgan fingerprint density at radius 3 is 1.96 bits per heavy atom. The summed E-state index contributed by atoms with van der Waals surface area (Å²) in [5, 5.41) is 11.8. The van der Waals surface area contributed by atoms with Crippen molar-refractivity contribution in [3.63, 3.8) is 0 Å². The Balaban J connectivity index is 2.51. The highest BCUT2D eigenvalue weighted by Gasteiger charge is 2.31. The summed E-state index contributed by atoms with van der Waals surface area (Å²) in [7, 11) is 0. The lowest BCUT2D eigenvalue weighted by Crippen LogP contribution is -2.46. The number of aliphatic carboxylic acids is 1. The number of carboxylic acids is 1. The van der Waals surface area contributed by atoms with Crippen molar-refractivity contribution >= 4 is 18.2 Å². The molecule has 8 nitrogen and oxygen atoms in total. The van der Waals surface area contributed by atoms with E-state index in [-0.39, 0.29) is 12.0 Å². The molecule has 1 fully saturated rings. The van der Waals surface area contributed by atoms with Crippen molar-refractivity contribution in [2.45, 2.75) is 78.0 Å². The molecule has 2 N–H and O–H groups in total. The number of carboxylic acid groups (broad SMARTS) is 1. The third-order valence-electron chi connectivity index (χ3n) is 3.82. The Morgan fingerprint density at radius 1 is 1.04 bits per heavy atom. The van der Waals surface area contributed by atoms with E-state index in [0.29, 0.717) is 32.4 Å². The third-order valence-corrected chi connectivity index (χ3v) is 3.82. The SMILES string of the molecule is CC(C)(C)OC(=O)N[C@H](CC1CCN(C(=O)OC(C)(C)C)CC1)C(=O)O. The van der Waals surface area contributed by atoms with Crippen LogP contribution >= 0.6 is 0 Å². The first-order valence-electron chi connectivity index (χ1n) is 8.97. The fourth-order valence-electron chi connectivity index (χ4n) is 2.68. The fraction of sp³-hybridized carbons (Fsp3) is 0.833. The number of hydrogen-bond acceptors (Lipinski definition) is 5. The van der Waals surface area contributed by atoms with Crippen LogP contribution in [0.25, 0.3) is 0 Å². The highest BCUT2D eigenvalue weighted by atomic mass is 16.6. The van der Waals surface area contributed by atoms with Gasteiger partial charge in [0.15, 0.2) is 0 Å². The second kappa shape index (κ2) is 8.60. The summed E-state index contributed by atoms with van der Waals surface area (Å²) < 4.78 is 10.5. The van der Waals surface area contributed by atoms with Gasteiger partial charge in [-0.3, -0.25) is 0 Å². The molecule has 0 saturated carbocycles. The van der Waals surface area contributed by atoms with Gasteiger partial charge < -0.3 is 24.8 Å². The van der Waals surface area contributed by atoms with Gasteiger partial charge in [0.1, 0.15) is 17.2 Å². The summed E-state index contributed by atoms with van der Waals surface area (Å²) in [6.07, 6.45) is 0.545. The number of carbonyl (C=O) groups is 3. The molecular weight excluding hydrogens is 340 g/mol. The van der Waals surface area contributed by atoms with Crippen LogP contribution in [-0.2, 0) is 14.3 Å². The van der Waals surface area contributed by atoms with Crippen molar-refractivity contribution in [1.29, 1.82) is 0 Å². The van der Waals surface area contributed by atoms with Crippen LogP contribution in [0.1, 0.15) is 60.8 Å². The molecule has 1 heterocycles. The van der Waals surface area contributed by atoms with Crippen LogP contribution in [0, 0.1) is 5.92 Å². The van der Waals surface area contributed by atoms with Gasteiger partial charge >= 0.3 is 18.2 Å². The normalized spacial score (nSPS) is 17.4. The van der Waals surface area contributed by atoms with Crippen LogP contribution < -0.4 is 5.32 Å². The first kappa shape index (κ1) is 22.1. The lowest BCUT2D eigenvalue weighted by atomic mass is 9.90. The van der Waals surface area contributed by atoms with Crippen molar-refractivity contribution in [3.8, 4) is 0 Å². The van der Waals surface area contributed by atoms with Gasteiger partial charge in [-0.2, -0.15) is 0 Å². The Labute approximate surface area is 155 Å². The van der Waals surface area contributed by atoms with Crippen LogP contribution in [0.3, 0.4) is 0 Å². The molecule has 0 bridgehead atoms. The third kappa shape index (κ3) is 8.40. The van der Waals surface area contributed by atoms with E-state index in [4.69, 9.17) is 9.47 Å². The number of carbonyl (C=O) groups excluding carboxylic acids is 2. The molecule has 0 spiro atoms. The zero-order chi connectivity index (χ0) is 20.1. The number of amides is 2. The minimum absolute atomic E-state index is 0.102. The first-order valence-corrected chi connectivity index (χ1v) is 8.97. The van der Waals surface area contributed by atoms with E-state index in [1.165, 1.54) is 0 Å². The number of piperidine rings is 1. The Kier molecular flexibility index (Phi) is 7.29. The minimum Gasteiger partial charge on any atom is -0.480 e. The van der Waals surface area contributed by atoms with Gasteiger partial charge in [0, 0.05) is 13.1 Å². The Morgan fingerprint density at radius 2 is 1.54 bits per heavy atom. The zero-order valence-corrected chi connectivity index (χ0v) is 16.6. The van der Waals surface area contributed by atoms with Gasteiger partial charge in [0.05, 0.1) is 0 Å². The van der Waals surface area contributed by atoms with Crippen LogP contribution in [0.4, 0.5) is 9.59 Å². The van der Waals surface area contributed by atoms with Crippen molar-refractivity contribution < 1.29 is 29.0 Å². The molecule has 1 atom stereocenters. The summed E-state index contributed by atoms with van der Waals surface area (Å²) in [6, 6.07) is -1.01. The molecule has 1 aliphatic rings. The molecule has 8 heteroatoms. The summed E-state index contributed by atoms with van der Waals surface area (Å²) >= 11 is 0. The van der Waals surface area contributed by atoms with Gasteiger partial charge in [-0.1, -0.05) is 0 Å². The lowest BCUT2D eigenvalue weighted by Gasteiger charge is -2.34. The van der Waals surface area contributed by atoms with E-state index >= 15 is 0 Å². The predicted molar refractivity (Wildman–Crippen MR) is 95.9 cm³/mol. The zero-order valence-electron chi connectivity index (χ0n) is 16.6. The highest BCUT2D eigenvalue weighted by Crippen LogP contribution is 2.24. The summed E-state index contributed by atoms with van der Waals surface area (Å²) in [4.78, 5) is 37.0. The van der Waals surface area contributed by atoms with Crippen LogP contribution in [-0.4, -0.2) is 58.5 Å². The maximum Gasteiger partial charge on any atom is 0.410 e. The fourth-order valence-corrected chi connectivity index (χ4v) is 2.68. The molecule has 1 aliphatic heterocycles. The number of likely N-dealkylation sites (tertiary alicyclic amines) is 1. The molecule has 1 saturated heterocycles. The van der Waals surface area contributed by atoms with Crippen LogP contribution in [0.15, 0.2) is 0 Å². The minimum atomic E-state index is -1.09. The first-order chi connectivity index (χ1) is 11.8. The topological polar surface area (TPSA) is 105 Å². The van der Waals surface area contributed by atoms with Crippen LogP contribution in [0.5, 0.6) is 0 Å². The standard InChI is InChI=1S/C18H32N2O6/c1-17(2,3)25-15(23)19-13(14(21)22)11-12-7-9-20(10-8-12)16(24)26-18(4,5)6/h12-13H,7-11H2,1-6H3,(H,19,23)(H,21,22)/t13-/m1/s1. The van der Waals surface area contributed by atoms with Crippen molar-refractivity contribution in [1.82, 2.24) is 10.2 Å². The van der Waals surface area contributed by atoms with Crippen molar-refractivity contribution in [3.05, 3.63) is 0 Å². The number of ether oxygens (including phenoxy) is 2. The average molecular weight is 372 g/mol. The van der Waals surface area contributed by atoms with E-state index in [1.807, 2.05) is 20.8 Å². The molecule has 0 aromatic heterocycles. The predicted octanol–water partition coefficient (Wildman–Crippen LogP) is 3.00. The number of rotatable bonds is 4. The lowest BCUT2D eigenvalue weighted by molar-refractivity contribution is -0.140. The number of hydrogen-bond donors (Lipinski definition) is 2. The molecule has 0 radical (unpaired) electrons. The molecule has 1 rings (SSSR count). The van der Waals surface area contributed by atoms with E-state index < -0.39 is 29.3 Å². The summed E-state index contributed by atoms with van der Waals surface area (Å²) in [5.41, 5.74) is -1.23. The van der Waals surface area contributed by atoms with E-state index in [0.717, 1.165) is 0 Å². The van der Waals surface area contributed by atoms with Crippen molar-refractivity contribution in [2.24, 2.45) is 5.92 Å². The second-order valence-electron chi connectivity index (χ2n) is 8.68. The maximum absolute atomic E-state index is 12.1. The van der Waals surface area contributed by atoms with E-state index in [1.54, 1.807) is 25.7 Å². The van der Waals surface area contributed by atoms with Gasteiger partial charge in [-0.05, 0) is 66.7 Å². The maximum atomic E-state index is 12.1. The summed E-state index contributed by atoms with van der Waals surface area (Å²) in [5.74, 6) is -0.991. The van der Waals surface area contributed by atoms with Gasteiger partial charge in [0.25, 0.3) is 0 Å².